The lowest BCUT2D eigenvalue weighted by molar-refractivity contribution is -0.381. The molecule has 0 radical (unpaired) electrons. The minimum Gasteiger partial charge on any atom is -0.394 e. The van der Waals surface area contributed by atoms with Gasteiger partial charge in [-0.1, -0.05) is 46.3 Å². The molecule has 4 saturated carbocycles. The molecule has 4 aliphatic heterocycles. The molecule has 4 heterocycles. The quantitative estimate of drug-likeness (QED) is 0.0678. The first-order valence-corrected chi connectivity index (χ1v) is 27.7. The molecule has 10 unspecified atom stereocenters. The van der Waals surface area contributed by atoms with Gasteiger partial charge in [0, 0.05) is 0 Å². The second kappa shape index (κ2) is 22.9. The first kappa shape index (κ1) is 60.9. The second-order valence-corrected chi connectivity index (χ2v) is 25.7. The summed E-state index contributed by atoms with van der Waals surface area (Å²) >= 11 is 0. The van der Waals surface area contributed by atoms with Gasteiger partial charge in [0.05, 0.1) is 43.7 Å². The Labute approximate surface area is 445 Å². The summed E-state index contributed by atoms with van der Waals surface area (Å²) in [6, 6.07) is 0. The third-order valence-electron chi connectivity index (χ3n) is 20.9. The van der Waals surface area contributed by atoms with Gasteiger partial charge in [-0.2, -0.15) is 0 Å². The topological polar surface area (TPSA) is 357 Å². The van der Waals surface area contributed by atoms with Crippen molar-refractivity contribution in [3.05, 3.63) is 11.6 Å². The van der Waals surface area contributed by atoms with E-state index in [1.165, 1.54) is 6.92 Å². The SMILES string of the molecule is CC(C)=CCCC(C)(O[C@@H]1O[C@H](CO)[C@@H](O)[C@H](O)[C@H]1O)C1CCC2(C)C1C(O)CC1C3(C)CCC(O[C@@H]4O[C@H](CO)[C@@H](O)[C@H](O)[C@H]4O[C@@H]4O[C@H](CO[C@@H]5O[C@@H](C)[C@@H](O)[C@@H](O)[C@H]5O)[C@@H](O)[C@H](O)[C@H]4O)C(C)(C)C3CCC12C. The number of allylic oxidation sites excluding steroid dienone is 2. The van der Waals surface area contributed by atoms with Crippen LogP contribution in [-0.2, 0) is 37.9 Å². The van der Waals surface area contributed by atoms with Crippen molar-refractivity contribution in [3.63, 3.8) is 0 Å². The van der Waals surface area contributed by atoms with E-state index < -0.39 is 166 Å². The Morgan fingerprint density at radius 1 is 0.579 bits per heavy atom. The smallest absolute Gasteiger partial charge is 0.187 e. The van der Waals surface area contributed by atoms with Crippen molar-refractivity contribution in [2.45, 2.75) is 261 Å². The number of aliphatic hydroxyl groups excluding tert-OH is 14. The predicted octanol–water partition coefficient (Wildman–Crippen LogP) is -1.17. The summed E-state index contributed by atoms with van der Waals surface area (Å²) in [5, 5.41) is 152. The zero-order valence-electron chi connectivity index (χ0n) is 45.6. The maximum Gasteiger partial charge on any atom is 0.187 e. The molecule has 22 nitrogen and oxygen atoms in total. The molecule has 0 aromatic heterocycles. The van der Waals surface area contributed by atoms with E-state index in [4.69, 9.17) is 37.9 Å². The van der Waals surface area contributed by atoms with Crippen LogP contribution in [0.4, 0.5) is 0 Å². The van der Waals surface area contributed by atoms with E-state index in [0.29, 0.717) is 32.1 Å². The lowest BCUT2D eigenvalue weighted by atomic mass is 9.35. The van der Waals surface area contributed by atoms with Crippen molar-refractivity contribution < 1.29 is 109 Å². The van der Waals surface area contributed by atoms with Crippen LogP contribution in [0.1, 0.15) is 120 Å². The molecule has 4 saturated heterocycles. The van der Waals surface area contributed by atoms with Gasteiger partial charge in [0.15, 0.2) is 25.2 Å². The number of fused-ring (bicyclic) bond motifs is 5. The molecule has 22 heteroatoms. The summed E-state index contributed by atoms with van der Waals surface area (Å²) in [6.07, 6.45) is -24.0. The van der Waals surface area contributed by atoms with Gasteiger partial charge >= 0.3 is 0 Å². The highest BCUT2D eigenvalue weighted by molar-refractivity contribution is 5.20. The lowest BCUT2D eigenvalue weighted by Crippen LogP contribution is -2.68. The summed E-state index contributed by atoms with van der Waals surface area (Å²) in [6.45, 7) is 16.9. The molecule has 0 aromatic carbocycles. The Morgan fingerprint density at radius 2 is 1.13 bits per heavy atom. The van der Waals surface area contributed by atoms with Crippen molar-refractivity contribution in [1.82, 2.24) is 0 Å². The molecule has 8 fully saturated rings. The highest BCUT2D eigenvalue weighted by Gasteiger charge is 2.72. The Kier molecular flexibility index (Phi) is 18.4. The van der Waals surface area contributed by atoms with Crippen molar-refractivity contribution in [2.24, 2.45) is 45.3 Å². The maximum absolute atomic E-state index is 12.7. The van der Waals surface area contributed by atoms with Crippen LogP contribution in [0.5, 0.6) is 0 Å². The zero-order valence-corrected chi connectivity index (χ0v) is 45.6. The molecule has 0 spiro atoms. The first-order chi connectivity index (χ1) is 35.5. The van der Waals surface area contributed by atoms with E-state index in [-0.39, 0.29) is 39.9 Å². The summed E-state index contributed by atoms with van der Waals surface area (Å²) in [4.78, 5) is 0. The van der Waals surface area contributed by atoms with Crippen LogP contribution in [-0.4, -0.2) is 232 Å². The van der Waals surface area contributed by atoms with Crippen LogP contribution in [0, 0.1) is 45.3 Å². The van der Waals surface area contributed by atoms with Gasteiger partial charge in [0.2, 0.25) is 0 Å². The monoisotopic (exact) mass is 1090 g/mol. The normalized spacial score (nSPS) is 53.2. The van der Waals surface area contributed by atoms with Gasteiger partial charge in [0.1, 0.15) is 91.6 Å². The summed E-state index contributed by atoms with van der Waals surface area (Å²) in [7, 11) is 0. The van der Waals surface area contributed by atoms with E-state index in [9.17, 15) is 71.5 Å². The fourth-order valence-electron chi connectivity index (χ4n) is 16.2. The van der Waals surface area contributed by atoms with Crippen LogP contribution in [0.15, 0.2) is 11.6 Å². The van der Waals surface area contributed by atoms with Crippen molar-refractivity contribution in [3.8, 4) is 0 Å². The highest BCUT2D eigenvalue weighted by atomic mass is 16.8. The summed E-state index contributed by atoms with van der Waals surface area (Å²) < 4.78 is 49.0. The van der Waals surface area contributed by atoms with E-state index in [1.54, 1.807) is 0 Å². The lowest BCUT2D eigenvalue weighted by Gasteiger charge is -2.71. The van der Waals surface area contributed by atoms with Crippen LogP contribution >= 0.6 is 0 Å². The molecule has 0 aromatic rings. The van der Waals surface area contributed by atoms with Gasteiger partial charge in [0.25, 0.3) is 0 Å². The number of rotatable bonds is 15. The van der Waals surface area contributed by atoms with Crippen molar-refractivity contribution >= 4 is 0 Å². The Morgan fingerprint density at radius 3 is 1.76 bits per heavy atom. The standard InChI is InChI=1S/C54H92O22/c1-23(2)11-10-15-54(9,76-48-44(68)39(63)35(59)27(20-55)71-48)25-12-17-53(8)33(25)26(57)19-31-51(6)16-14-32(50(4,5)30(51)13-18-52(31,53)7)74-49-45(41(65)36(60)28(21-56)72-49)75-47-43(67)40(64)37(61)29(73-47)22-69-46-42(66)38(62)34(58)24(3)70-46/h11,24-49,55-68H,10,12-22H2,1-9H3/t24-,25?,26?,27+,28+,29+,30?,31?,32?,33?,34+,35+,36+,37+,38+,39-,40-,41-,42+,43+,44+,45+,46+,47-,48-,49-,51?,52?,53?,54?/m0/s1. The Hall–Kier alpha value is -1.14. The van der Waals surface area contributed by atoms with Crippen molar-refractivity contribution in [2.75, 3.05) is 19.8 Å². The predicted molar refractivity (Wildman–Crippen MR) is 265 cm³/mol. The highest BCUT2D eigenvalue weighted by Crippen LogP contribution is 2.76. The minimum atomic E-state index is -1.91. The fourth-order valence-corrected chi connectivity index (χ4v) is 16.2. The van der Waals surface area contributed by atoms with Gasteiger partial charge in [-0.05, 0) is 131 Å². The molecule has 8 rings (SSSR count). The van der Waals surface area contributed by atoms with Crippen LogP contribution in [0.25, 0.3) is 0 Å². The minimum absolute atomic E-state index is 0.0391. The van der Waals surface area contributed by atoms with Crippen LogP contribution < -0.4 is 0 Å². The van der Waals surface area contributed by atoms with E-state index in [1.807, 2.05) is 20.8 Å². The third-order valence-corrected chi connectivity index (χ3v) is 20.9. The average molecular weight is 1090 g/mol. The molecule has 8 aliphatic rings. The third kappa shape index (κ3) is 10.5. The maximum atomic E-state index is 12.7. The van der Waals surface area contributed by atoms with E-state index >= 15 is 0 Å². The number of ether oxygens (including phenoxy) is 8. The number of hydrogen-bond donors (Lipinski definition) is 14. The molecule has 0 bridgehead atoms. The molecule has 76 heavy (non-hydrogen) atoms. The number of aliphatic hydroxyl groups is 14. The number of hydrogen-bond acceptors (Lipinski definition) is 22. The molecular formula is C54H92O22. The van der Waals surface area contributed by atoms with Gasteiger partial charge < -0.3 is 109 Å². The molecule has 4 aliphatic carbocycles. The van der Waals surface area contributed by atoms with Crippen LogP contribution in [0.2, 0.25) is 0 Å². The second-order valence-electron chi connectivity index (χ2n) is 25.7. The Balaban J connectivity index is 0.999. The fraction of sp³-hybridized carbons (Fsp3) is 0.963. The first-order valence-electron chi connectivity index (χ1n) is 27.7. The molecule has 30 atom stereocenters. The molecule has 0 amide bonds. The summed E-state index contributed by atoms with van der Waals surface area (Å²) in [5.41, 5.74) is -1.35. The van der Waals surface area contributed by atoms with Gasteiger partial charge in [-0.3, -0.25) is 0 Å². The largest absolute Gasteiger partial charge is 0.394 e. The van der Waals surface area contributed by atoms with E-state index in [2.05, 4.69) is 40.7 Å². The van der Waals surface area contributed by atoms with Crippen LogP contribution in [0.3, 0.4) is 0 Å². The zero-order chi connectivity index (χ0) is 55.9. The molecule has 14 N–H and O–H groups in total. The molecule has 440 valence electrons. The van der Waals surface area contributed by atoms with Gasteiger partial charge in [-0.25, -0.2) is 0 Å². The molecular weight excluding hydrogens is 1000 g/mol. The van der Waals surface area contributed by atoms with Crippen molar-refractivity contribution in [1.29, 1.82) is 0 Å². The summed E-state index contributed by atoms with van der Waals surface area (Å²) in [5.74, 6) is -0.302. The van der Waals surface area contributed by atoms with E-state index in [0.717, 1.165) is 31.3 Å². The van der Waals surface area contributed by atoms with Gasteiger partial charge in [-0.15, -0.1) is 0 Å². The Bertz CT molecular complexity index is 1980. The average Bonchev–Trinajstić information content (AvgIpc) is 3.76.